The number of carboxylic acids is 1. The highest BCUT2D eigenvalue weighted by Crippen LogP contribution is 2.30. The van der Waals surface area contributed by atoms with Crippen LogP contribution in [0, 0.1) is 11.7 Å². The van der Waals surface area contributed by atoms with Crippen LogP contribution in [0.1, 0.15) is 32.1 Å². The number of amides is 4. The number of hydrogen-bond acceptors (Lipinski definition) is 4. The minimum Gasteiger partial charge on any atom is -0.481 e. The first kappa shape index (κ1) is 25.4. The van der Waals surface area contributed by atoms with Crippen molar-refractivity contribution in [1.29, 1.82) is 0 Å². The van der Waals surface area contributed by atoms with Gasteiger partial charge in [0.1, 0.15) is 11.9 Å². The van der Waals surface area contributed by atoms with E-state index in [1.807, 2.05) is 0 Å². The Kier molecular flexibility index (Phi) is 7.73. The Morgan fingerprint density at radius 3 is 2.50 bits per heavy atom. The molecule has 3 N–H and O–H groups in total. The molecular formula is C25H26ClFN4O5. The summed E-state index contributed by atoms with van der Waals surface area (Å²) in [4.78, 5) is 52.2. The average molecular weight is 517 g/mol. The summed E-state index contributed by atoms with van der Waals surface area (Å²) in [6.07, 6.45) is 1.96. The van der Waals surface area contributed by atoms with E-state index in [1.165, 1.54) is 21.9 Å². The van der Waals surface area contributed by atoms with E-state index in [2.05, 4.69) is 10.6 Å². The average Bonchev–Trinajstić information content (AvgIpc) is 3.25. The summed E-state index contributed by atoms with van der Waals surface area (Å²) in [5.41, 5.74) is 0.786. The Morgan fingerprint density at radius 2 is 1.83 bits per heavy atom. The van der Waals surface area contributed by atoms with Gasteiger partial charge in [0.15, 0.2) is 0 Å². The first-order valence-electron chi connectivity index (χ1n) is 11.7. The molecule has 4 amide bonds. The van der Waals surface area contributed by atoms with Gasteiger partial charge in [0, 0.05) is 42.3 Å². The molecule has 0 bridgehead atoms. The summed E-state index contributed by atoms with van der Waals surface area (Å²) in [5, 5.41) is 14.9. The molecule has 2 aliphatic heterocycles. The molecule has 2 unspecified atom stereocenters. The van der Waals surface area contributed by atoms with Gasteiger partial charge in [-0.1, -0.05) is 11.6 Å². The molecule has 4 rings (SSSR count). The third-order valence-corrected chi connectivity index (χ3v) is 6.61. The van der Waals surface area contributed by atoms with Crippen molar-refractivity contribution in [2.75, 3.05) is 28.6 Å². The molecule has 0 aromatic heterocycles. The van der Waals surface area contributed by atoms with Gasteiger partial charge in [0.2, 0.25) is 11.8 Å². The van der Waals surface area contributed by atoms with Crippen molar-refractivity contribution in [2.45, 2.75) is 38.1 Å². The number of piperidine rings is 1. The van der Waals surface area contributed by atoms with E-state index >= 15 is 0 Å². The monoisotopic (exact) mass is 516 g/mol. The normalized spacial score (nSPS) is 19.8. The van der Waals surface area contributed by atoms with Gasteiger partial charge < -0.3 is 25.5 Å². The second-order valence-corrected chi connectivity index (χ2v) is 9.40. The predicted molar refractivity (Wildman–Crippen MR) is 133 cm³/mol. The Morgan fingerprint density at radius 1 is 1.08 bits per heavy atom. The fourth-order valence-electron chi connectivity index (χ4n) is 4.59. The van der Waals surface area contributed by atoms with Gasteiger partial charge in [-0.3, -0.25) is 14.4 Å². The van der Waals surface area contributed by atoms with Crippen LogP contribution in [0.25, 0.3) is 0 Å². The number of rotatable bonds is 6. The van der Waals surface area contributed by atoms with Crippen LogP contribution in [0.15, 0.2) is 42.5 Å². The van der Waals surface area contributed by atoms with Crippen LogP contribution in [-0.4, -0.2) is 53.0 Å². The van der Waals surface area contributed by atoms with Gasteiger partial charge in [-0.15, -0.1) is 0 Å². The summed E-state index contributed by atoms with van der Waals surface area (Å²) < 4.78 is 14.9. The van der Waals surface area contributed by atoms with E-state index in [0.29, 0.717) is 29.4 Å². The zero-order valence-corrected chi connectivity index (χ0v) is 20.1. The van der Waals surface area contributed by atoms with Gasteiger partial charge in [-0.05, 0) is 67.6 Å². The van der Waals surface area contributed by atoms with Crippen molar-refractivity contribution in [3.63, 3.8) is 0 Å². The van der Waals surface area contributed by atoms with Gasteiger partial charge in [0.05, 0.1) is 5.69 Å². The number of carbonyl (C=O) groups excluding carboxylic acids is 3. The summed E-state index contributed by atoms with van der Waals surface area (Å²) in [7, 11) is 0. The van der Waals surface area contributed by atoms with E-state index in [-0.39, 0.29) is 31.0 Å². The van der Waals surface area contributed by atoms with Crippen molar-refractivity contribution in [3.05, 3.63) is 53.3 Å². The lowest BCUT2D eigenvalue weighted by Crippen LogP contribution is -2.45. The molecule has 0 radical (unpaired) electrons. The van der Waals surface area contributed by atoms with Crippen molar-refractivity contribution in [3.8, 4) is 0 Å². The molecule has 36 heavy (non-hydrogen) atoms. The highest BCUT2D eigenvalue weighted by molar-refractivity contribution is 6.30. The number of halogens is 2. The fourth-order valence-corrected chi connectivity index (χ4v) is 4.71. The second-order valence-electron chi connectivity index (χ2n) is 8.96. The molecule has 2 aromatic rings. The number of carboxylic acid groups (broad SMARTS) is 1. The Hall–Kier alpha value is -3.66. The number of likely N-dealkylation sites (tertiary alicyclic amines) is 1. The number of anilines is 3. The van der Waals surface area contributed by atoms with E-state index in [4.69, 9.17) is 11.6 Å². The SMILES string of the molecule is O=C(O)CC1CC(C(=O)Nc2ccc(N3CCCCC3=O)cc2F)N(C(=O)Nc2ccc(Cl)cc2)C1. The van der Waals surface area contributed by atoms with E-state index in [9.17, 15) is 28.7 Å². The molecule has 2 saturated heterocycles. The Bertz CT molecular complexity index is 1180. The lowest BCUT2D eigenvalue weighted by molar-refractivity contribution is -0.138. The van der Waals surface area contributed by atoms with Gasteiger partial charge in [-0.25, -0.2) is 9.18 Å². The third-order valence-electron chi connectivity index (χ3n) is 6.36. The number of nitrogens with zero attached hydrogens (tertiary/aromatic N) is 2. The van der Waals surface area contributed by atoms with Crippen LogP contribution in [0.2, 0.25) is 5.02 Å². The smallest absolute Gasteiger partial charge is 0.322 e. The lowest BCUT2D eigenvalue weighted by atomic mass is 10.0. The number of benzene rings is 2. The molecule has 0 spiro atoms. The van der Waals surface area contributed by atoms with Gasteiger partial charge >= 0.3 is 12.0 Å². The maximum absolute atomic E-state index is 14.9. The first-order chi connectivity index (χ1) is 17.2. The molecule has 9 nitrogen and oxygen atoms in total. The second kappa shape index (κ2) is 10.9. The van der Waals surface area contributed by atoms with Crippen LogP contribution in [0.3, 0.4) is 0 Å². The summed E-state index contributed by atoms with van der Waals surface area (Å²) in [6.45, 7) is 0.566. The van der Waals surface area contributed by atoms with Gasteiger partial charge in [0.25, 0.3) is 0 Å². The number of aliphatic carboxylic acids is 1. The number of hydrogen-bond donors (Lipinski definition) is 3. The van der Waals surface area contributed by atoms with Gasteiger partial charge in [-0.2, -0.15) is 0 Å². The van der Waals surface area contributed by atoms with Crippen molar-refractivity contribution < 1.29 is 28.7 Å². The zero-order chi connectivity index (χ0) is 25.8. The predicted octanol–water partition coefficient (Wildman–Crippen LogP) is 4.33. The Balaban J connectivity index is 1.48. The standard InChI is InChI=1S/C25H26ClFN4O5/c26-16-4-6-17(7-5-16)28-25(36)31-14-15(12-23(33)34)11-21(31)24(35)29-20-9-8-18(13-19(20)27)30-10-2-1-3-22(30)32/h4-9,13,15,21H,1-3,10-12,14H2,(H,28,36)(H,29,35)(H,33,34). The third kappa shape index (κ3) is 5.93. The first-order valence-corrected chi connectivity index (χ1v) is 12.0. The number of nitrogens with one attached hydrogen (secondary N) is 2. The van der Waals surface area contributed by atoms with Crippen molar-refractivity contribution in [1.82, 2.24) is 4.90 Å². The minimum atomic E-state index is -1.03. The molecule has 0 saturated carbocycles. The minimum absolute atomic E-state index is 0.0578. The molecule has 2 fully saturated rings. The molecular weight excluding hydrogens is 491 g/mol. The molecule has 2 aromatic carbocycles. The summed E-state index contributed by atoms with van der Waals surface area (Å²) in [6, 6.07) is 8.97. The van der Waals surface area contributed by atoms with E-state index < -0.39 is 35.7 Å². The molecule has 2 aliphatic rings. The van der Waals surface area contributed by atoms with Crippen LogP contribution in [0.4, 0.5) is 26.2 Å². The number of carbonyl (C=O) groups is 4. The zero-order valence-electron chi connectivity index (χ0n) is 19.4. The van der Waals surface area contributed by atoms with Crippen LogP contribution in [0.5, 0.6) is 0 Å². The van der Waals surface area contributed by atoms with Crippen molar-refractivity contribution in [2.24, 2.45) is 5.92 Å². The van der Waals surface area contributed by atoms with Crippen LogP contribution < -0.4 is 15.5 Å². The van der Waals surface area contributed by atoms with Crippen LogP contribution in [-0.2, 0) is 14.4 Å². The Labute approximate surface area is 212 Å². The quantitative estimate of drug-likeness (QED) is 0.528. The molecule has 190 valence electrons. The maximum atomic E-state index is 14.9. The lowest BCUT2D eigenvalue weighted by Gasteiger charge is -2.27. The molecule has 2 heterocycles. The van der Waals surface area contributed by atoms with Crippen molar-refractivity contribution >= 4 is 52.5 Å². The summed E-state index contributed by atoms with van der Waals surface area (Å²) in [5.74, 6) is -2.89. The number of urea groups is 1. The molecule has 11 heteroatoms. The van der Waals surface area contributed by atoms with E-state index in [1.54, 1.807) is 30.3 Å². The van der Waals surface area contributed by atoms with E-state index in [0.717, 1.165) is 12.8 Å². The maximum Gasteiger partial charge on any atom is 0.322 e. The highest BCUT2D eigenvalue weighted by atomic mass is 35.5. The molecule has 2 atom stereocenters. The highest BCUT2D eigenvalue weighted by Gasteiger charge is 2.40. The fraction of sp³-hybridized carbons (Fsp3) is 0.360. The topological polar surface area (TPSA) is 119 Å². The summed E-state index contributed by atoms with van der Waals surface area (Å²) >= 11 is 5.88. The molecule has 0 aliphatic carbocycles. The largest absolute Gasteiger partial charge is 0.481 e. The van der Waals surface area contributed by atoms with Crippen LogP contribution >= 0.6 is 11.6 Å².